The Morgan fingerprint density at radius 2 is 2.29 bits per heavy atom. The Labute approximate surface area is 81.9 Å². The van der Waals surface area contributed by atoms with Crippen molar-refractivity contribution in [3.8, 4) is 17.6 Å². The van der Waals surface area contributed by atoms with E-state index in [1.165, 1.54) is 5.56 Å². The summed E-state index contributed by atoms with van der Waals surface area (Å²) >= 11 is 0. The van der Waals surface area contributed by atoms with E-state index in [9.17, 15) is 0 Å². The zero-order chi connectivity index (χ0) is 9.54. The number of nitriles is 1. The van der Waals surface area contributed by atoms with Gasteiger partial charge in [-0.25, -0.2) is 0 Å². The zero-order valence-corrected chi connectivity index (χ0v) is 7.62. The van der Waals surface area contributed by atoms with Crippen molar-refractivity contribution in [2.24, 2.45) is 0 Å². The summed E-state index contributed by atoms with van der Waals surface area (Å²) in [4.78, 5) is 0. The van der Waals surface area contributed by atoms with Crippen LogP contribution in [0.5, 0.6) is 11.5 Å². The number of fused-ring (bicyclic) bond motifs is 3. The summed E-state index contributed by atoms with van der Waals surface area (Å²) in [6.45, 7) is 0.309. The second kappa shape index (κ2) is 2.65. The van der Waals surface area contributed by atoms with Gasteiger partial charge in [0.1, 0.15) is 0 Å². The van der Waals surface area contributed by atoms with Crippen LogP contribution in [0.3, 0.4) is 0 Å². The molecule has 1 atom stereocenters. The normalized spacial score (nSPS) is 21.8. The van der Waals surface area contributed by atoms with Gasteiger partial charge < -0.3 is 9.47 Å². The van der Waals surface area contributed by atoms with E-state index >= 15 is 0 Å². The Bertz CT molecular complexity index is 434. The van der Waals surface area contributed by atoms with Gasteiger partial charge >= 0.3 is 0 Å². The van der Waals surface area contributed by atoms with Gasteiger partial charge in [0.05, 0.1) is 12.0 Å². The van der Waals surface area contributed by atoms with Gasteiger partial charge in [0.15, 0.2) is 11.5 Å². The summed E-state index contributed by atoms with van der Waals surface area (Å²) in [6, 6.07) is 6.20. The monoisotopic (exact) mass is 187 g/mol. The van der Waals surface area contributed by atoms with Crippen LogP contribution in [0.4, 0.5) is 0 Å². The number of hydrogen-bond acceptors (Lipinski definition) is 3. The van der Waals surface area contributed by atoms with Crippen molar-refractivity contribution in [2.45, 2.75) is 18.8 Å². The first-order valence-electron chi connectivity index (χ1n) is 4.71. The minimum Gasteiger partial charge on any atom is -0.454 e. The topological polar surface area (TPSA) is 42.2 Å². The average molecular weight is 187 g/mol. The number of ether oxygens (including phenoxy) is 2. The molecule has 0 fully saturated rings. The van der Waals surface area contributed by atoms with Crippen LogP contribution >= 0.6 is 0 Å². The highest BCUT2D eigenvalue weighted by molar-refractivity contribution is 5.56. The van der Waals surface area contributed by atoms with E-state index in [-0.39, 0.29) is 5.92 Å². The van der Waals surface area contributed by atoms with Crippen LogP contribution in [0.15, 0.2) is 12.1 Å². The summed E-state index contributed by atoms with van der Waals surface area (Å²) in [7, 11) is 0. The quantitative estimate of drug-likeness (QED) is 0.623. The van der Waals surface area contributed by atoms with E-state index in [1.807, 2.05) is 12.1 Å². The van der Waals surface area contributed by atoms with Crippen LogP contribution in [0.2, 0.25) is 0 Å². The van der Waals surface area contributed by atoms with Gasteiger partial charge in [0.2, 0.25) is 6.79 Å². The summed E-state index contributed by atoms with van der Waals surface area (Å²) in [5.74, 6) is 1.72. The maximum Gasteiger partial charge on any atom is 0.231 e. The predicted molar refractivity (Wildman–Crippen MR) is 49.2 cm³/mol. The second-order valence-corrected chi connectivity index (χ2v) is 3.59. The molecule has 1 heterocycles. The van der Waals surface area contributed by atoms with E-state index in [1.54, 1.807) is 0 Å². The van der Waals surface area contributed by atoms with Crippen LogP contribution < -0.4 is 9.47 Å². The lowest BCUT2D eigenvalue weighted by Gasteiger charge is -2.04. The van der Waals surface area contributed by atoms with Gasteiger partial charge in [0, 0.05) is 5.56 Å². The highest BCUT2D eigenvalue weighted by Crippen LogP contribution is 2.44. The molecule has 0 N–H and O–H groups in total. The van der Waals surface area contributed by atoms with Gasteiger partial charge in [-0.15, -0.1) is 0 Å². The SMILES string of the molecule is N#CC1CCc2c1ccc1c2OCO1. The van der Waals surface area contributed by atoms with E-state index in [2.05, 4.69) is 6.07 Å². The summed E-state index contributed by atoms with van der Waals surface area (Å²) in [5.41, 5.74) is 2.29. The average Bonchev–Trinajstić information content (AvgIpc) is 2.82. The Morgan fingerprint density at radius 1 is 1.36 bits per heavy atom. The molecule has 3 heteroatoms. The van der Waals surface area contributed by atoms with Gasteiger partial charge in [-0.05, 0) is 24.5 Å². The largest absolute Gasteiger partial charge is 0.454 e. The lowest BCUT2D eigenvalue weighted by molar-refractivity contribution is 0.173. The summed E-state index contributed by atoms with van der Waals surface area (Å²) in [5, 5.41) is 8.94. The fourth-order valence-electron chi connectivity index (χ4n) is 2.21. The third-order valence-corrected chi connectivity index (χ3v) is 2.89. The first kappa shape index (κ1) is 7.69. The van der Waals surface area contributed by atoms with Crippen molar-refractivity contribution < 1.29 is 9.47 Å². The summed E-state index contributed by atoms with van der Waals surface area (Å²) < 4.78 is 10.7. The highest BCUT2D eigenvalue weighted by atomic mass is 16.7. The molecule has 3 nitrogen and oxygen atoms in total. The molecule has 0 radical (unpaired) electrons. The third kappa shape index (κ3) is 0.856. The van der Waals surface area contributed by atoms with E-state index in [0.717, 1.165) is 29.9 Å². The van der Waals surface area contributed by atoms with Gasteiger partial charge in [-0.1, -0.05) is 6.07 Å². The molecule has 70 valence electrons. The van der Waals surface area contributed by atoms with E-state index in [0.29, 0.717) is 6.79 Å². The Morgan fingerprint density at radius 3 is 3.14 bits per heavy atom. The van der Waals surface area contributed by atoms with Crippen LogP contribution in [0, 0.1) is 11.3 Å². The molecule has 14 heavy (non-hydrogen) atoms. The predicted octanol–water partition coefficient (Wildman–Crippen LogP) is 1.97. The van der Waals surface area contributed by atoms with E-state index in [4.69, 9.17) is 14.7 Å². The summed E-state index contributed by atoms with van der Waals surface area (Å²) in [6.07, 6.45) is 1.84. The fraction of sp³-hybridized carbons (Fsp3) is 0.364. The maximum atomic E-state index is 8.94. The second-order valence-electron chi connectivity index (χ2n) is 3.59. The fourth-order valence-corrected chi connectivity index (χ4v) is 2.21. The zero-order valence-electron chi connectivity index (χ0n) is 7.62. The van der Waals surface area contributed by atoms with Crippen LogP contribution in [0.25, 0.3) is 0 Å². The smallest absolute Gasteiger partial charge is 0.231 e. The molecule has 0 amide bonds. The number of benzene rings is 1. The van der Waals surface area contributed by atoms with Crippen molar-refractivity contribution >= 4 is 0 Å². The molecule has 0 spiro atoms. The number of rotatable bonds is 0. The molecule has 0 bridgehead atoms. The van der Waals surface area contributed by atoms with Crippen LogP contribution in [-0.4, -0.2) is 6.79 Å². The Kier molecular flexibility index (Phi) is 1.45. The molecule has 0 saturated heterocycles. The number of nitrogens with zero attached hydrogens (tertiary/aromatic N) is 1. The van der Waals surface area contributed by atoms with Gasteiger partial charge in [-0.3, -0.25) is 0 Å². The Hall–Kier alpha value is -1.69. The molecule has 0 aromatic heterocycles. The molecular weight excluding hydrogens is 178 g/mol. The first-order valence-corrected chi connectivity index (χ1v) is 4.71. The standard InChI is InChI=1S/C11H9NO2/c12-5-7-1-2-9-8(7)3-4-10-11(9)14-6-13-10/h3-4,7H,1-2,6H2. The molecule has 1 aliphatic carbocycles. The molecule has 1 unspecified atom stereocenters. The molecule has 1 aliphatic heterocycles. The minimum atomic E-state index is 0.0412. The van der Waals surface area contributed by atoms with Crippen LogP contribution in [-0.2, 0) is 6.42 Å². The molecule has 3 rings (SSSR count). The van der Waals surface area contributed by atoms with Crippen molar-refractivity contribution in [1.29, 1.82) is 5.26 Å². The lowest BCUT2D eigenvalue weighted by atomic mass is 10.0. The van der Waals surface area contributed by atoms with Crippen molar-refractivity contribution in [2.75, 3.05) is 6.79 Å². The third-order valence-electron chi connectivity index (χ3n) is 2.89. The minimum absolute atomic E-state index is 0.0412. The van der Waals surface area contributed by atoms with Gasteiger partial charge in [-0.2, -0.15) is 5.26 Å². The van der Waals surface area contributed by atoms with Crippen molar-refractivity contribution in [3.05, 3.63) is 23.3 Å². The molecule has 1 aromatic rings. The first-order chi connectivity index (χ1) is 6.90. The highest BCUT2D eigenvalue weighted by Gasteiger charge is 2.29. The lowest BCUT2D eigenvalue weighted by Crippen LogP contribution is -1.94. The van der Waals surface area contributed by atoms with Gasteiger partial charge in [0.25, 0.3) is 0 Å². The molecular formula is C11H9NO2. The molecule has 0 saturated carbocycles. The molecule has 1 aromatic carbocycles. The maximum absolute atomic E-state index is 8.94. The van der Waals surface area contributed by atoms with E-state index < -0.39 is 0 Å². The van der Waals surface area contributed by atoms with Crippen LogP contribution in [0.1, 0.15) is 23.5 Å². The Balaban J connectivity index is 2.18. The molecule has 2 aliphatic rings. The van der Waals surface area contributed by atoms with Crippen molar-refractivity contribution in [3.63, 3.8) is 0 Å². The number of hydrogen-bond donors (Lipinski definition) is 0. The van der Waals surface area contributed by atoms with Crippen molar-refractivity contribution in [1.82, 2.24) is 0 Å².